The molecule has 0 heterocycles. The van der Waals surface area contributed by atoms with E-state index in [1.807, 2.05) is 0 Å². The summed E-state index contributed by atoms with van der Waals surface area (Å²) in [6.07, 6.45) is 0. The van der Waals surface area contributed by atoms with E-state index in [2.05, 4.69) is 75.8 Å². The van der Waals surface area contributed by atoms with Gasteiger partial charge in [0.05, 0.1) is 0 Å². The average molecular weight is 372 g/mol. The summed E-state index contributed by atoms with van der Waals surface area (Å²) >= 11 is 22.8. The summed E-state index contributed by atoms with van der Waals surface area (Å²) in [5.41, 5.74) is 0. The standard InChI is InChI=1S/3CH2OS2.Mo/c3*2-1(3)4;/h3*(H2,2,3,4);/p-6. The molecule has 0 amide bonds. The van der Waals surface area contributed by atoms with Gasteiger partial charge >= 0.3 is 0 Å². The van der Waals surface area contributed by atoms with Crippen molar-refractivity contribution in [1.82, 2.24) is 0 Å². The van der Waals surface area contributed by atoms with E-state index in [1.165, 1.54) is 0 Å². The molecule has 0 spiro atoms. The third-order valence-corrected chi connectivity index (χ3v) is 0. The smallest absolute Gasteiger partial charge is 0 e. The Bertz CT molecular complexity index is 121. The summed E-state index contributed by atoms with van der Waals surface area (Å²) in [4.78, 5) is 27.2. The van der Waals surface area contributed by atoms with E-state index in [9.17, 15) is 0 Å². The molecule has 0 unspecified atom stereocenters. The minimum Gasteiger partial charge on any atom is -0.767 e. The van der Waals surface area contributed by atoms with Crippen LogP contribution in [-0.2, 0) is 96.8 Å². The molecule has 78 valence electrons. The van der Waals surface area contributed by atoms with Gasteiger partial charge in [-0.2, -0.15) is 0 Å². The van der Waals surface area contributed by atoms with Crippen LogP contribution in [0.4, 0.5) is 14.4 Å². The molecule has 0 fully saturated rings. The summed E-state index contributed by atoms with van der Waals surface area (Å²) < 4.78 is -2.00. The molecule has 0 rings (SSSR count). The summed E-state index contributed by atoms with van der Waals surface area (Å²) in [6, 6.07) is 0. The first-order valence-electron chi connectivity index (χ1n) is 1.84. The van der Waals surface area contributed by atoms with Crippen molar-refractivity contribution in [2.24, 2.45) is 0 Å². The predicted molar refractivity (Wildman–Crippen MR) is 60.4 cm³/mol. The Morgan fingerprint density at radius 1 is 0.538 bits per heavy atom. The molecule has 0 aliphatic rings. The van der Waals surface area contributed by atoms with Crippen molar-refractivity contribution in [1.29, 1.82) is 0 Å². The Labute approximate surface area is 123 Å². The molecule has 13 heavy (non-hydrogen) atoms. The number of hydrogen-bond acceptors (Lipinski definition) is 9. The Morgan fingerprint density at radius 3 is 0.538 bits per heavy atom. The quantitative estimate of drug-likeness (QED) is 0.449. The summed E-state index contributed by atoms with van der Waals surface area (Å²) in [5.74, 6) is 0. The molecule has 0 N–H and O–H groups in total. The number of hydrogen-bond donors (Lipinski definition) is 0. The van der Waals surface area contributed by atoms with E-state index < -0.39 is 13.3 Å². The average Bonchev–Trinajstić information content (AvgIpc) is 1.54. The van der Waals surface area contributed by atoms with Gasteiger partial charge in [0.15, 0.2) is 0 Å². The zero-order valence-corrected chi connectivity index (χ0v) is 12.5. The SMILES string of the molecule is O=C([S-])[S-].O=C([S-])[S-].O=C([S-])[S-].[Mo]. The van der Waals surface area contributed by atoms with E-state index in [1.54, 1.807) is 0 Å². The van der Waals surface area contributed by atoms with Crippen LogP contribution in [0.5, 0.6) is 0 Å². The second-order valence-electron chi connectivity index (χ2n) is 0.750. The van der Waals surface area contributed by atoms with Crippen LogP contribution in [0.1, 0.15) is 0 Å². The zero-order chi connectivity index (χ0) is 10.7. The number of carbonyl (C=O) groups is 3. The molecule has 0 bridgehead atoms. The van der Waals surface area contributed by atoms with Crippen molar-refractivity contribution in [2.75, 3.05) is 0 Å². The molecule has 0 aromatic rings. The van der Waals surface area contributed by atoms with Crippen molar-refractivity contribution in [3.8, 4) is 0 Å². The minimum absolute atomic E-state index is 0. The van der Waals surface area contributed by atoms with E-state index in [-0.39, 0.29) is 21.1 Å². The van der Waals surface area contributed by atoms with Crippen molar-refractivity contribution >= 4 is 89.1 Å². The topological polar surface area (TPSA) is 51.2 Å². The van der Waals surface area contributed by atoms with Crippen LogP contribution in [0.25, 0.3) is 0 Å². The fourth-order valence-corrected chi connectivity index (χ4v) is 0. The van der Waals surface area contributed by atoms with E-state index in [0.717, 1.165) is 0 Å². The normalized spacial score (nSPS) is 5.54. The molecule has 10 heteroatoms. The molecular weight excluding hydrogens is 372 g/mol. The van der Waals surface area contributed by atoms with Crippen molar-refractivity contribution in [3.63, 3.8) is 0 Å². The first-order valence-corrected chi connectivity index (χ1v) is 4.29. The molecule has 0 aliphatic carbocycles. The van der Waals surface area contributed by atoms with Gasteiger partial charge < -0.3 is 90.2 Å². The maximum Gasteiger partial charge on any atom is 0 e. The maximum absolute atomic E-state index is 9.07. The van der Waals surface area contributed by atoms with Crippen molar-refractivity contribution in [2.45, 2.75) is 0 Å². The fraction of sp³-hybridized carbons (Fsp3) is 0. The summed E-state index contributed by atoms with van der Waals surface area (Å²) in [7, 11) is 0. The van der Waals surface area contributed by atoms with Crippen LogP contribution in [0.2, 0.25) is 0 Å². The first-order chi connectivity index (χ1) is 5.20. The molecule has 0 saturated heterocycles. The molecule has 0 aromatic heterocycles. The minimum atomic E-state index is -0.667. The van der Waals surface area contributed by atoms with Gasteiger partial charge in [-0.1, -0.05) is 0 Å². The molecular formula is C3MoO3S6-6. The molecule has 0 saturated carbocycles. The molecule has 0 radical (unpaired) electrons. The van der Waals surface area contributed by atoms with Crippen LogP contribution in [0.15, 0.2) is 0 Å². The van der Waals surface area contributed by atoms with Gasteiger partial charge in [-0.05, 0) is 0 Å². The molecule has 0 aliphatic heterocycles. The Balaban J connectivity index is -0.0000000450. The van der Waals surface area contributed by atoms with E-state index in [0.29, 0.717) is 0 Å². The third kappa shape index (κ3) is 1520. The number of rotatable bonds is 0. The Morgan fingerprint density at radius 2 is 0.538 bits per heavy atom. The molecule has 3 nitrogen and oxygen atoms in total. The van der Waals surface area contributed by atoms with Gasteiger partial charge in [0.25, 0.3) is 0 Å². The summed E-state index contributed by atoms with van der Waals surface area (Å²) in [6.45, 7) is 0. The monoisotopic (exact) mass is 374 g/mol. The van der Waals surface area contributed by atoms with Gasteiger partial charge in [-0.3, -0.25) is 0 Å². The van der Waals surface area contributed by atoms with Gasteiger partial charge in [0, 0.05) is 21.1 Å². The van der Waals surface area contributed by atoms with Gasteiger partial charge in [0.2, 0.25) is 0 Å². The second kappa shape index (κ2) is 18.7. The number of carbonyl (C=O) groups excluding carboxylic acids is 3. The predicted octanol–water partition coefficient (Wildman–Crippen LogP) is 0.598. The van der Waals surface area contributed by atoms with E-state index in [4.69, 9.17) is 14.4 Å². The van der Waals surface area contributed by atoms with E-state index >= 15 is 0 Å². The molecule has 0 atom stereocenters. The first kappa shape index (κ1) is 23.7. The van der Waals surface area contributed by atoms with Crippen LogP contribution in [-0.4, -0.2) is 13.3 Å². The van der Waals surface area contributed by atoms with Gasteiger partial charge in [0.1, 0.15) is 0 Å². The van der Waals surface area contributed by atoms with Crippen LogP contribution >= 0.6 is 0 Å². The second-order valence-corrected chi connectivity index (χ2v) is 3.75. The van der Waals surface area contributed by atoms with Crippen LogP contribution in [0.3, 0.4) is 0 Å². The van der Waals surface area contributed by atoms with Crippen molar-refractivity contribution < 1.29 is 35.4 Å². The largest absolute Gasteiger partial charge is 0.767 e. The molecule has 0 aromatic carbocycles. The van der Waals surface area contributed by atoms with Crippen LogP contribution < -0.4 is 0 Å². The van der Waals surface area contributed by atoms with Gasteiger partial charge in [-0.25, -0.2) is 0 Å². The fourth-order valence-electron chi connectivity index (χ4n) is 0. The zero-order valence-electron chi connectivity index (χ0n) is 5.58. The van der Waals surface area contributed by atoms with Crippen LogP contribution in [0, 0.1) is 0 Å². The Hall–Kier alpha value is 1.02. The van der Waals surface area contributed by atoms with Crippen molar-refractivity contribution in [3.05, 3.63) is 0 Å². The third-order valence-electron chi connectivity index (χ3n) is 0. The van der Waals surface area contributed by atoms with Gasteiger partial charge in [-0.15, -0.1) is 13.3 Å². The Kier molecular flexibility index (Phi) is 34.1. The summed E-state index contributed by atoms with van der Waals surface area (Å²) in [5, 5.41) is 0. The maximum atomic E-state index is 9.07.